The number of benzene rings is 2. The molecule has 0 fully saturated rings. The average molecular weight is 410 g/mol. The number of hydrogen-bond donors (Lipinski definition) is 1. The zero-order valence-electron chi connectivity index (χ0n) is 16.0. The third-order valence-corrected chi connectivity index (χ3v) is 4.30. The van der Waals surface area contributed by atoms with E-state index in [2.05, 4.69) is 20.3 Å². The lowest BCUT2D eigenvalue weighted by Gasteiger charge is -2.11. The van der Waals surface area contributed by atoms with E-state index < -0.39 is 11.6 Å². The Labute approximate surface area is 170 Å². The van der Waals surface area contributed by atoms with Gasteiger partial charge in [-0.05, 0) is 61.0 Å². The van der Waals surface area contributed by atoms with E-state index >= 15 is 0 Å². The van der Waals surface area contributed by atoms with Crippen LogP contribution < -0.4 is 10.1 Å². The molecule has 2 aromatic heterocycles. The Morgan fingerprint density at radius 3 is 2.27 bits per heavy atom. The number of nitrogens with zero attached hydrogens (tertiary/aromatic N) is 3. The fourth-order valence-corrected chi connectivity index (χ4v) is 2.98. The van der Waals surface area contributed by atoms with Gasteiger partial charge in [0.15, 0.2) is 5.52 Å². The first-order chi connectivity index (χ1) is 14.5. The van der Waals surface area contributed by atoms with Crippen LogP contribution in [-0.2, 0) is 6.54 Å². The molecule has 0 saturated carbocycles. The predicted molar refractivity (Wildman–Crippen MR) is 108 cm³/mol. The van der Waals surface area contributed by atoms with Crippen LogP contribution in [0.2, 0.25) is 0 Å². The lowest BCUT2D eigenvalue weighted by molar-refractivity contribution is 0.330. The van der Waals surface area contributed by atoms with Crippen LogP contribution >= 0.6 is 0 Å². The number of anilines is 1. The molecule has 0 amide bonds. The SMILES string of the molecule is CCOc1nc(NCc2cc(F)cc(F)c2)nc2ccc(-c3ccc(F)cc3)nc12. The Bertz CT molecular complexity index is 1180. The molecule has 30 heavy (non-hydrogen) atoms. The Morgan fingerprint density at radius 2 is 1.57 bits per heavy atom. The molecule has 0 aliphatic heterocycles. The normalized spacial score (nSPS) is 10.9. The number of pyridine rings is 1. The molecule has 2 heterocycles. The van der Waals surface area contributed by atoms with Gasteiger partial charge in [0.2, 0.25) is 11.8 Å². The standard InChI is InChI=1S/C22H17F3N4O/c1-2-30-21-20-19(8-7-18(27-20)14-3-5-15(23)6-4-14)28-22(29-21)26-12-13-9-16(24)11-17(25)10-13/h3-11H,2,12H2,1H3,(H,26,28,29). The van der Waals surface area contributed by atoms with Crippen LogP contribution in [0.5, 0.6) is 5.88 Å². The summed E-state index contributed by atoms with van der Waals surface area (Å²) in [4.78, 5) is 13.3. The number of nitrogens with one attached hydrogen (secondary N) is 1. The molecule has 1 N–H and O–H groups in total. The maximum Gasteiger partial charge on any atom is 0.245 e. The van der Waals surface area contributed by atoms with Gasteiger partial charge in [0.05, 0.1) is 17.8 Å². The second-order valence-corrected chi connectivity index (χ2v) is 6.49. The van der Waals surface area contributed by atoms with Crippen LogP contribution in [-0.4, -0.2) is 21.6 Å². The van der Waals surface area contributed by atoms with Crippen LogP contribution in [0, 0.1) is 17.5 Å². The summed E-state index contributed by atoms with van der Waals surface area (Å²) in [6, 6.07) is 12.8. The topological polar surface area (TPSA) is 59.9 Å². The van der Waals surface area contributed by atoms with Gasteiger partial charge in [0, 0.05) is 18.2 Å². The van der Waals surface area contributed by atoms with Crippen LogP contribution in [0.4, 0.5) is 19.1 Å². The molecule has 0 aliphatic rings. The van der Waals surface area contributed by atoms with Crippen molar-refractivity contribution in [3.8, 4) is 17.1 Å². The Kier molecular flexibility index (Phi) is 5.47. The summed E-state index contributed by atoms with van der Waals surface area (Å²) in [6.07, 6.45) is 0. The molecule has 0 bridgehead atoms. The van der Waals surface area contributed by atoms with Crippen molar-refractivity contribution >= 4 is 17.0 Å². The van der Waals surface area contributed by atoms with E-state index in [-0.39, 0.29) is 24.2 Å². The Morgan fingerprint density at radius 1 is 0.833 bits per heavy atom. The van der Waals surface area contributed by atoms with Crippen molar-refractivity contribution in [2.24, 2.45) is 0 Å². The molecule has 0 saturated heterocycles. The molecule has 152 valence electrons. The third kappa shape index (κ3) is 4.32. The number of rotatable bonds is 6. The van der Waals surface area contributed by atoms with E-state index in [1.165, 1.54) is 24.3 Å². The predicted octanol–water partition coefficient (Wildman–Crippen LogP) is 5.12. The maximum atomic E-state index is 13.4. The highest BCUT2D eigenvalue weighted by atomic mass is 19.1. The van der Waals surface area contributed by atoms with E-state index in [4.69, 9.17) is 4.74 Å². The van der Waals surface area contributed by atoms with Crippen LogP contribution in [0.15, 0.2) is 54.6 Å². The molecule has 4 aromatic rings. The first-order valence-electron chi connectivity index (χ1n) is 9.28. The summed E-state index contributed by atoms with van der Waals surface area (Å²) >= 11 is 0. The van der Waals surface area contributed by atoms with Gasteiger partial charge < -0.3 is 10.1 Å². The van der Waals surface area contributed by atoms with Gasteiger partial charge in [0.25, 0.3) is 0 Å². The number of hydrogen-bond acceptors (Lipinski definition) is 5. The van der Waals surface area contributed by atoms with Gasteiger partial charge in [-0.3, -0.25) is 0 Å². The number of ether oxygens (including phenoxy) is 1. The number of halogens is 3. The van der Waals surface area contributed by atoms with E-state index in [1.54, 1.807) is 24.3 Å². The van der Waals surface area contributed by atoms with E-state index in [0.29, 0.717) is 28.9 Å². The lowest BCUT2D eigenvalue weighted by atomic mass is 10.1. The van der Waals surface area contributed by atoms with E-state index in [9.17, 15) is 13.2 Å². The molecule has 0 atom stereocenters. The monoisotopic (exact) mass is 410 g/mol. The van der Waals surface area contributed by atoms with Gasteiger partial charge in [-0.1, -0.05) is 0 Å². The largest absolute Gasteiger partial charge is 0.476 e. The summed E-state index contributed by atoms with van der Waals surface area (Å²) < 4.78 is 45.6. The van der Waals surface area contributed by atoms with Gasteiger partial charge in [-0.15, -0.1) is 0 Å². The average Bonchev–Trinajstić information content (AvgIpc) is 2.72. The molecule has 4 rings (SSSR count). The quantitative estimate of drug-likeness (QED) is 0.478. The first kappa shape index (κ1) is 19.6. The molecule has 0 radical (unpaired) electrons. The molecule has 5 nitrogen and oxygen atoms in total. The molecule has 0 unspecified atom stereocenters. The van der Waals surface area contributed by atoms with Crippen molar-refractivity contribution in [1.29, 1.82) is 0 Å². The molecular weight excluding hydrogens is 393 g/mol. The highest BCUT2D eigenvalue weighted by Gasteiger charge is 2.12. The zero-order valence-corrected chi connectivity index (χ0v) is 16.0. The smallest absolute Gasteiger partial charge is 0.245 e. The number of aromatic nitrogens is 3. The summed E-state index contributed by atoms with van der Waals surface area (Å²) in [5.74, 6) is -1.12. The van der Waals surface area contributed by atoms with Gasteiger partial charge in [-0.25, -0.2) is 23.1 Å². The second-order valence-electron chi connectivity index (χ2n) is 6.49. The fraction of sp³-hybridized carbons (Fsp3) is 0.136. The summed E-state index contributed by atoms with van der Waals surface area (Å²) in [5, 5.41) is 2.95. The summed E-state index contributed by atoms with van der Waals surface area (Å²) in [5.41, 5.74) is 2.78. The van der Waals surface area contributed by atoms with Crippen molar-refractivity contribution in [2.45, 2.75) is 13.5 Å². The van der Waals surface area contributed by atoms with Crippen LogP contribution in [0.1, 0.15) is 12.5 Å². The van der Waals surface area contributed by atoms with Gasteiger partial charge >= 0.3 is 0 Å². The van der Waals surface area contributed by atoms with Crippen molar-refractivity contribution in [3.63, 3.8) is 0 Å². The van der Waals surface area contributed by atoms with Crippen LogP contribution in [0.25, 0.3) is 22.3 Å². The fourth-order valence-electron chi connectivity index (χ4n) is 2.98. The van der Waals surface area contributed by atoms with E-state index in [1.807, 2.05) is 6.92 Å². The molecule has 8 heteroatoms. The number of fused-ring (bicyclic) bond motifs is 1. The van der Waals surface area contributed by atoms with Crippen molar-refractivity contribution in [2.75, 3.05) is 11.9 Å². The maximum absolute atomic E-state index is 13.4. The first-order valence-corrected chi connectivity index (χ1v) is 9.28. The lowest BCUT2D eigenvalue weighted by Crippen LogP contribution is -2.07. The minimum absolute atomic E-state index is 0.132. The molecular formula is C22H17F3N4O. The second kappa shape index (κ2) is 8.36. The minimum atomic E-state index is -0.654. The van der Waals surface area contributed by atoms with Crippen molar-refractivity contribution < 1.29 is 17.9 Å². The third-order valence-electron chi connectivity index (χ3n) is 4.30. The van der Waals surface area contributed by atoms with Crippen molar-refractivity contribution in [1.82, 2.24) is 15.0 Å². The van der Waals surface area contributed by atoms with Gasteiger partial charge in [0.1, 0.15) is 17.5 Å². The Balaban J connectivity index is 1.67. The summed E-state index contributed by atoms with van der Waals surface area (Å²) in [7, 11) is 0. The highest BCUT2D eigenvalue weighted by Crippen LogP contribution is 2.27. The Hall–Kier alpha value is -3.68. The van der Waals surface area contributed by atoms with E-state index in [0.717, 1.165) is 11.6 Å². The van der Waals surface area contributed by atoms with Gasteiger partial charge in [-0.2, -0.15) is 4.98 Å². The minimum Gasteiger partial charge on any atom is -0.476 e. The molecule has 0 aliphatic carbocycles. The summed E-state index contributed by atoms with van der Waals surface area (Å²) in [6.45, 7) is 2.32. The highest BCUT2D eigenvalue weighted by molar-refractivity contribution is 5.83. The van der Waals surface area contributed by atoms with Crippen LogP contribution in [0.3, 0.4) is 0 Å². The molecule has 2 aromatic carbocycles. The molecule has 0 spiro atoms. The zero-order chi connectivity index (χ0) is 21.1. The van der Waals surface area contributed by atoms with Crippen molar-refractivity contribution in [3.05, 3.63) is 77.6 Å².